The SMILES string of the molecule is CSC1(SC)CCOc2ccc(C#Cc3ccc(C(=O)O)s3)cc21. The molecule has 2 heterocycles. The van der Waals surface area contributed by atoms with Gasteiger partial charge in [-0.15, -0.1) is 34.9 Å². The Balaban J connectivity index is 1.94. The van der Waals surface area contributed by atoms with Crippen LogP contribution in [-0.2, 0) is 4.08 Å². The van der Waals surface area contributed by atoms with E-state index in [0.717, 1.165) is 29.2 Å². The van der Waals surface area contributed by atoms with E-state index in [1.807, 2.05) is 35.7 Å². The number of thiophene rings is 1. The Morgan fingerprint density at radius 3 is 2.71 bits per heavy atom. The fourth-order valence-electron chi connectivity index (χ4n) is 2.62. The van der Waals surface area contributed by atoms with Crippen LogP contribution in [0.25, 0.3) is 0 Å². The van der Waals surface area contributed by atoms with E-state index in [0.29, 0.717) is 4.88 Å². The molecule has 0 fully saturated rings. The molecule has 3 rings (SSSR count). The van der Waals surface area contributed by atoms with Gasteiger partial charge in [0.1, 0.15) is 10.6 Å². The maximum Gasteiger partial charge on any atom is 0.345 e. The van der Waals surface area contributed by atoms with Gasteiger partial charge in [-0.25, -0.2) is 4.79 Å². The van der Waals surface area contributed by atoms with Gasteiger partial charge in [0.25, 0.3) is 0 Å². The second kappa shape index (κ2) is 7.14. The smallest absolute Gasteiger partial charge is 0.345 e. The summed E-state index contributed by atoms with van der Waals surface area (Å²) in [4.78, 5) is 12.0. The van der Waals surface area contributed by atoms with E-state index < -0.39 is 5.97 Å². The fourth-order valence-corrected chi connectivity index (χ4v) is 5.32. The third kappa shape index (κ3) is 3.30. The summed E-state index contributed by atoms with van der Waals surface area (Å²) in [6.07, 6.45) is 5.22. The summed E-state index contributed by atoms with van der Waals surface area (Å²) in [5, 5.41) is 8.97. The highest BCUT2D eigenvalue weighted by Gasteiger charge is 2.36. The lowest BCUT2D eigenvalue weighted by Crippen LogP contribution is -2.26. The minimum atomic E-state index is -0.913. The summed E-state index contributed by atoms with van der Waals surface area (Å²) in [6, 6.07) is 9.37. The van der Waals surface area contributed by atoms with Crippen molar-refractivity contribution in [2.24, 2.45) is 0 Å². The van der Waals surface area contributed by atoms with E-state index >= 15 is 0 Å². The van der Waals surface area contributed by atoms with Crippen LogP contribution in [0.1, 0.15) is 32.1 Å². The molecule has 0 saturated heterocycles. The van der Waals surface area contributed by atoms with Crippen LogP contribution in [0.3, 0.4) is 0 Å². The monoisotopic (exact) mass is 376 g/mol. The number of thioether (sulfide) groups is 2. The van der Waals surface area contributed by atoms with Gasteiger partial charge in [-0.05, 0) is 42.8 Å². The number of benzene rings is 1. The molecule has 1 N–H and O–H groups in total. The van der Waals surface area contributed by atoms with Gasteiger partial charge in [-0.3, -0.25) is 0 Å². The number of carbonyl (C=O) groups is 1. The van der Waals surface area contributed by atoms with E-state index in [1.165, 1.54) is 16.9 Å². The predicted octanol–water partition coefficient (Wildman–Crippen LogP) is 4.51. The highest BCUT2D eigenvalue weighted by Crippen LogP contribution is 2.52. The molecule has 0 amide bonds. The zero-order chi connectivity index (χ0) is 17.2. The first-order valence-electron chi connectivity index (χ1n) is 7.31. The maximum absolute atomic E-state index is 10.9. The molecule has 1 aliphatic rings. The van der Waals surface area contributed by atoms with Gasteiger partial charge in [0, 0.05) is 17.5 Å². The van der Waals surface area contributed by atoms with Crippen molar-refractivity contribution in [1.29, 1.82) is 0 Å². The highest BCUT2D eigenvalue weighted by atomic mass is 32.2. The zero-order valence-electron chi connectivity index (χ0n) is 13.3. The van der Waals surface area contributed by atoms with Crippen LogP contribution >= 0.6 is 34.9 Å². The van der Waals surface area contributed by atoms with Gasteiger partial charge in [-0.2, -0.15) is 0 Å². The Kier molecular flexibility index (Phi) is 5.14. The highest BCUT2D eigenvalue weighted by molar-refractivity contribution is 8.16. The van der Waals surface area contributed by atoms with Crippen molar-refractivity contribution in [2.75, 3.05) is 19.1 Å². The van der Waals surface area contributed by atoms with Crippen molar-refractivity contribution in [1.82, 2.24) is 0 Å². The maximum atomic E-state index is 10.9. The Hall–Kier alpha value is -1.55. The number of carboxylic acid groups (broad SMARTS) is 1. The molecule has 1 aromatic carbocycles. The fraction of sp³-hybridized carbons (Fsp3) is 0.278. The van der Waals surface area contributed by atoms with Crippen LogP contribution in [0.5, 0.6) is 5.75 Å². The lowest BCUT2D eigenvalue weighted by Gasteiger charge is -2.36. The van der Waals surface area contributed by atoms with Crippen molar-refractivity contribution in [3.8, 4) is 17.6 Å². The predicted molar refractivity (Wildman–Crippen MR) is 103 cm³/mol. The van der Waals surface area contributed by atoms with Crippen LogP contribution in [-0.4, -0.2) is 30.2 Å². The van der Waals surface area contributed by atoms with Crippen LogP contribution in [0.4, 0.5) is 0 Å². The van der Waals surface area contributed by atoms with Gasteiger partial charge < -0.3 is 9.84 Å². The van der Waals surface area contributed by atoms with E-state index in [1.54, 1.807) is 12.1 Å². The molecule has 0 atom stereocenters. The van der Waals surface area contributed by atoms with Gasteiger partial charge in [0.2, 0.25) is 0 Å². The van der Waals surface area contributed by atoms with Crippen LogP contribution in [0.15, 0.2) is 30.3 Å². The van der Waals surface area contributed by atoms with Crippen LogP contribution in [0.2, 0.25) is 0 Å². The normalized spacial score (nSPS) is 14.9. The lowest BCUT2D eigenvalue weighted by molar-refractivity contribution is 0.0702. The second-order valence-electron chi connectivity index (χ2n) is 5.19. The molecule has 0 bridgehead atoms. The molecule has 3 nitrogen and oxygen atoms in total. The summed E-state index contributed by atoms with van der Waals surface area (Å²) >= 11 is 4.87. The number of ether oxygens (including phenoxy) is 1. The number of hydrogen-bond acceptors (Lipinski definition) is 5. The summed E-state index contributed by atoms with van der Waals surface area (Å²) in [6.45, 7) is 0.729. The topological polar surface area (TPSA) is 46.5 Å². The van der Waals surface area contributed by atoms with Gasteiger partial charge in [0.15, 0.2) is 0 Å². The van der Waals surface area contributed by atoms with E-state index in [4.69, 9.17) is 9.84 Å². The van der Waals surface area contributed by atoms with Crippen LogP contribution < -0.4 is 4.74 Å². The molecule has 24 heavy (non-hydrogen) atoms. The third-order valence-electron chi connectivity index (χ3n) is 3.88. The first-order valence-corrected chi connectivity index (χ1v) is 10.6. The van der Waals surface area contributed by atoms with E-state index in [2.05, 4.69) is 30.4 Å². The minimum Gasteiger partial charge on any atom is -0.493 e. The molecule has 1 aliphatic heterocycles. The van der Waals surface area contributed by atoms with E-state index in [-0.39, 0.29) is 4.08 Å². The van der Waals surface area contributed by atoms with Crippen molar-refractivity contribution >= 4 is 40.8 Å². The molecule has 124 valence electrons. The number of aromatic carboxylic acids is 1. The van der Waals surface area contributed by atoms with Crippen molar-refractivity contribution in [2.45, 2.75) is 10.5 Å². The molecule has 0 saturated carbocycles. The summed E-state index contributed by atoms with van der Waals surface area (Å²) in [7, 11) is 0. The first-order chi connectivity index (χ1) is 11.6. The van der Waals surface area contributed by atoms with E-state index in [9.17, 15) is 4.79 Å². The summed E-state index contributed by atoms with van der Waals surface area (Å²) in [5.41, 5.74) is 2.09. The molecular weight excluding hydrogens is 360 g/mol. The van der Waals surface area contributed by atoms with Crippen molar-refractivity contribution in [3.63, 3.8) is 0 Å². The van der Waals surface area contributed by atoms with Crippen LogP contribution in [0, 0.1) is 11.8 Å². The molecule has 2 aromatic rings. The largest absolute Gasteiger partial charge is 0.493 e. The Morgan fingerprint density at radius 2 is 2.04 bits per heavy atom. The van der Waals surface area contributed by atoms with Crippen molar-refractivity contribution in [3.05, 3.63) is 51.2 Å². The summed E-state index contributed by atoms with van der Waals surface area (Å²) in [5.74, 6) is 6.22. The number of rotatable bonds is 3. The average molecular weight is 377 g/mol. The molecule has 0 unspecified atom stereocenters. The Morgan fingerprint density at radius 1 is 1.25 bits per heavy atom. The number of fused-ring (bicyclic) bond motifs is 1. The first kappa shape index (κ1) is 17.3. The van der Waals surface area contributed by atoms with Gasteiger partial charge in [-0.1, -0.05) is 11.8 Å². The quantitative estimate of drug-likeness (QED) is 0.631. The summed E-state index contributed by atoms with van der Waals surface area (Å²) < 4.78 is 5.80. The van der Waals surface area contributed by atoms with Gasteiger partial charge in [0.05, 0.1) is 15.6 Å². The average Bonchev–Trinajstić information content (AvgIpc) is 3.08. The molecule has 1 aromatic heterocycles. The second-order valence-corrected chi connectivity index (χ2v) is 8.74. The molecule has 0 aliphatic carbocycles. The molecule has 6 heteroatoms. The standard InChI is InChI=1S/C18H16O3S3/c1-22-18(23-2)9-10-21-15-7-4-12(11-14(15)18)3-5-13-6-8-16(24-13)17(19)20/h4,6-8,11H,9-10H2,1-2H3,(H,19,20). The van der Waals surface area contributed by atoms with Crippen molar-refractivity contribution < 1.29 is 14.6 Å². The third-order valence-corrected chi connectivity index (χ3v) is 8.04. The Bertz CT molecular complexity index is 826. The molecule has 0 radical (unpaired) electrons. The molecular formula is C18H16O3S3. The Labute approximate surface area is 153 Å². The zero-order valence-corrected chi connectivity index (χ0v) is 15.7. The number of hydrogen-bond donors (Lipinski definition) is 1. The number of carboxylic acids is 1. The molecule has 0 spiro atoms. The lowest BCUT2D eigenvalue weighted by atomic mass is 10.0. The minimum absolute atomic E-state index is 0.00465. The van der Waals surface area contributed by atoms with Gasteiger partial charge >= 0.3 is 5.97 Å².